The van der Waals surface area contributed by atoms with E-state index in [1.807, 2.05) is 24.2 Å². The van der Waals surface area contributed by atoms with Gasteiger partial charge in [0.05, 0.1) is 6.10 Å². The molecule has 0 aromatic heterocycles. The van der Waals surface area contributed by atoms with Crippen LogP contribution in [0.15, 0.2) is 48.2 Å². The topological polar surface area (TPSA) is 55.8 Å². The number of likely N-dealkylation sites (N-methyl/N-ethyl adjacent to an activating group) is 1. The van der Waals surface area contributed by atoms with Crippen molar-refractivity contribution in [2.45, 2.75) is 19.1 Å². The normalized spacial score (nSPS) is 18.8. The molecular formula is C19H25N3O2. The molecule has 0 bridgehead atoms. The molecule has 2 N–H and O–H groups in total. The first-order valence-corrected chi connectivity index (χ1v) is 8.46. The summed E-state index contributed by atoms with van der Waals surface area (Å²) in [5.41, 5.74) is 3.39. The molecule has 0 fully saturated rings. The lowest BCUT2D eigenvalue weighted by molar-refractivity contribution is -0.117. The number of hydrogen-bond acceptors (Lipinski definition) is 4. The van der Waals surface area contributed by atoms with Crippen molar-refractivity contribution >= 4 is 5.91 Å². The van der Waals surface area contributed by atoms with Gasteiger partial charge in [0.25, 0.3) is 5.91 Å². The van der Waals surface area contributed by atoms with Crippen LogP contribution in [0, 0.1) is 0 Å². The Morgan fingerprint density at radius 2 is 2.12 bits per heavy atom. The summed E-state index contributed by atoms with van der Waals surface area (Å²) < 4.78 is 0. The summed E-state index contributed by atoms with van der Waals surface area (Å²) in [5, 5.41) is 13.1. The minimum Gasteiger partial charge on any atom is -0.390 e. The number of nitrogens with one attached hydrogen (secondary N) is 1. The molecular weight excluding hydrogens is 302 g/mol. The van der Waals surface area contributed by atoms with Gasteiger partial charge >= 0.3 is 0 Å². The zero-order valence-electron chi connectivity index (χ0n) is 14.1. The summed E-state index contributed by atoms with van der Waals surface area (Å²) in [7, 11) is 1.96. The first kappa shape index (κ1) is 16.7. The van der Waals surface area contributed by atoms with Crippen LogP contribution in [-0.4, -0.2) is 60.1 Å². The zero-order valence-corrected chi connectivity index (χ0v) is 14.1. The van der Waals surface area contributed by atoms with Gasteiger partial charge in [-0.1, -0.05) is 30.3 Å². The lowest BCUT2D eigenvalue weighted by atomic mass is 10.00. The van der Waals surface area contributed by atoms with E-state index in [1.54, 1.807) is 6.08 Å². The molecule has 1 atom stereocenters. The number of fused-ring (bicyclic) bond motifs is 1. The second-order valence-corrected chi connectivity index (χ2v) is 6.53. The van der Waals surface area contributed by atoms with E-state index in [0.717, 1.165) is 26.1 Å². The maximum atomic E-state index is 12.1. The van der Waals surface area contributed by atoms with Crippen LogP contribution in [0.4, 0.5) is 0 Å². The molecule has 0 spiro atoms. The summed E-state index contributed by atoms with van der Waals surface area (Å²) in [5.74, 6) is -0.123. The van der Waals surface area contributed by atoms with Crippen LogP contribution in [0.2, 0.25) is 0 Å². The lowest BCUT2D eigenvalue weighted by Crippen LogP contribution is -2.42. The Hall–Kier alpha value is -2.11. The van der Waals surface area contributed by atoms with Crippen LogP contribution in [-0.2, 0) is 17.8 Å². The van der Waals surface area contributed by atoms with Crippen molar-refractivity contribution in [3.05, 3.63) is 59.3 Å². The molecule has 2 heterocycles. The number of carbonyl (C=O) groups is 1. The van der Waals surface area contributed by atoms with Gasteiger partial charge in [0, 0.05) is 45.3 Å². The SMILES string of the molecule is CN1C=CC(C(=O)NCC(O)CN2CCc3ccccc3C2)=CC1. The summed E-state index contributed by atoms with van der Waals surface area (Å²) in [4.78, 5) is 16.3. The summed E-state index contributed by atoms with van der Waals surface area (Å²) >= 11 is 0. The van der Waals surface area contributed by atoms with Gasteiger partial charge in [-0.15, -0.1) is 0 Å². The number of amides is 1. The Bertz CT molecular complexity index is 654. The molecule has 5 heteroatoms. The Balaban J connectivity index is 1.44. The predicted molar refractivity (Wildman–Crippen MR) is 94.3 cm³/mol. The maximum absolute atomic E-state index is 12.1. The fraction of sp³-hybridized carbons (Fsp3) is 0.421. The minimum atomic E-state index is -0.560. The molecule has 24 heavy (non-hydrogen) atoms. The number of benzene rings is 1. The monoisotopic (exact) mass is 327 g/mol. The number of rotatable bonds is 5. The minimum absolute atomic E-state index is 0.123. The number of nitrogens with zero attached hydrogens (tertiary/aromatic N) is 2. The van der Waals surface area contributed by atoms with E-state index < -0.39 is 6.10 Å². The van der Waals surface area contributed by atoms with Gasteiger partial charge in [-0.05, 0) is 29.8 Å². The molecule has 0 saturated carbocycles. The molecule has 1 amide bonds. The van der Waals surface area contributed by atoms with Crippen LogP contribution in [0.5, 0.6) is 0 Å². The average molecular weight is 327 g/mol. The molecule has 1 aromatic rings. The predicted octanol–water partition coefficient (Wildman–Crippen LogP) is 0.907. The van der Waals surface area contributed by atoms with E-state index in [4.69, 9.17) is 0 Å². The van der Waals surface area contributed by atoms with Crippen molar-refractivity contribution in [3.63, 3.8) is 0 Å². The highest BCUT2D eigenvalue weighted by molar-refractivity contribution is 5.96. The van der Waals surface area contributed by atoms with E-state index in [2.05, 4.69) is 34.5 Å². The van der Waals surface area contributed by atoms with Gasteiger partial charge in [0.2, 0.25) is 0 Å². The van der Waals surface area contributed by atoms with Crippen LogP contribution >= 0.6 is 0 Å². The molecule has 5 nitrogen and oxygen atoms in total. The molecule has 128 valence electrons. The van der Waals surface area contributed by atoms with E-state index in [-0.39, 0.29) is 12.5 Å². The number of carbonyl (C=O) groups excluding carboxylic acids is 1. The Kier molecular flexibility index (Phi) is 5.33. The Morgan fingerprint density at radius 1 is 1.33 bits per heavy atom. The second-order valence-electron chi connectivity index (χ2n) is 6.53. The molecule has 0 aliphatic carbocycles. The lowest BCUT2D eigenvalue weighted by Gasteiger charge is -2.30. The average Bonchev–Trinajstić information content (AvgIpc) is 2.60. The number of β-amino-alcohol motifs (C(OH)–C–C–N with tert-alkyl or cyclic N) is 1. The van der Waals surface area contributed by atoms with Gasteiger partial charge in [-0.2, -0.15) is 0 Å². The number of aliphatic hydroxyl groups excluding tert-OH is 1. The van der Waals surface area contributed by atoms with Crippen LogP contribution in [0.25, 0.3) is 0 Å². The molecule has 1 unspecified atom stereocenters. The highest BCUT2D eigenvalue weighted by atomic mass is 16.3. The van der Waals surface area contributed by atoms with E-state index in [9.17, 15) is 9.90 Å². The fourth-order valence-corrected chi connectivity index (χ4v) is 3.13. The third-order valence-corrected chi connectivity index (χ3v) is 4.55. The first-order valence-electron chi connectivity index (χ1n) is 8.46. The fourth-order valence-electron chi connectivity index (χ4n) is 3.13. The molecule has 3 rings (SSSR count). The van der Waals surface area contributed by atoms with Gasteiger partial charge in [-0.3, -0.25) is 9.69 Å². The van der Waals surface area contributed by atoms with Crippen LogP contribution < -0.4 is 5.32 Å². The summed E-state index contributed by atoms with van der Waals surface area (Å²) in [6.07, 6.45) is 6.03. The number of hydrogen-bond donors (Lipinski definition) is 2. The quantitative estimate of drug-likeness (QED) is 0.844. The molecule has 2 aliphatic heterocycles. The molecule has 1 aromatic carbocycles. The number of aliphatic hydroxyl groups is 1. The largest absolute Gasteiger partial charge is 0.390 e. The highest BCUT2D eigenvalue weighted by Crippen LogP contribution is 2.18. The first-order chi connectivity index (χ1) is 11.6. The Labute approximate surface area is 143 Å². The van der Waals surface area contributed by atoms with Crippen LogP contribution in [0.1, 0.15) is 11.1 Å². The standard InChI is InChI=1S/C19H25N3O2/c1-21-9-6-16(7-10-21)19(24)20-12-18(23)14-22-11-8-15-4-2-3-5-17(15)13-22/h2-7,9,18,23H,8,10-14H2,1H3,(H,20,24). The zero-order chi connectivity index (χ0) is 16.9. The molecule has 0 saturated heterocycles. The van der Waals surface area contributed by atoms with Crippen molar-refractivity contribution in [3.8, 4) is 0 Å². The highest BCUT2D eigenvalue weighted by Gasteiger charge is 2.19. The van der Waals surface area contributed by atoms with Crippen LogP contribution in [0.3, 0.4) is 0 Å². The van der Waals surface area contributed by atoms with Gasteiger partial charge in [0.1, 0.15) is 0 Å². The van der Waals surface area contributed by atoms with E-state index in [0.29, 0.717) is 12.1 Å². The van der Waals surface area contributed by atoms with Gasteiger partial charge in [0.15, 0.2) is 0 Å². The summed E-state index contributed by atoms with van der Waals surface area (Å²) in [6.45, 7) is 3.39. The smallest absolute Gasteiger partial charge is 0.251 e. The van der Waals surface area contributed by atoms with Crippen molar-refractivity contribution in [2.24, 2.45) is 0 Å². The van der Waals surface area contributed by atoms with Crippen molar-refractivity contribution in [1.29, 1.82) is 0 Å². The molecule has 0 radical (unpaired) electrons. The van der Waals surface area contributed by atoms with Crippen molar-refractivity contribution < 1.29 is 9.90 Å². The summed E-state index contributed by atoms with van der Waals surface area (Å²) in [6, 6.07) is 8.45. The third-order valence-electron chi connectivity index (χ3n) is 4.55. The van der Waals surface area contributed by atoms with Crippen molar-refractivity contribution in [1.82, 2.24) is 15.1 Å². The Morgan fingerprint density at radius 3 is 2.88 bits per heavy atom. The molecule has 2 aliphatic rings. The van der Waals surface area contributed by atoms with E-state index in [1.165, 1.54) is 11.1 Å². The van der Waals surface area contributed by atoms with Gasteiger partial charge in [-0.25, -0.2) is 0 Å². The van der Waals surface area contributed by atoms with E-state index >= 15 is 0 Å². The second kappa shape index (κ2) is 7.64. The maximum Gasteiger partial charge on any atom is 0.251 e. The third kappa shape index (κ3) is 4.24. The van der Waals surface area contributed by atoms with Crippen molar-refractivity contribution in [2.75, 3.05) is 33.2 Å². The van der Waals surface area contributed by atoms with Gasteiger partial charge < -0.3 is 15.3 Å².